The molecule has 1 heterocycles. The minimum atomic E-state index is -3.39. The molecular weight excluding hydrogens is 246 g/mol. The van der Waals surface area contributed by atoms with Gasteiger partial charge in [-0.1, -0.05) is 0 Å². The molecule has 0 spiro atoms. The SMILES string of the molecule is CC(C)(C)S(=O)(=O)NCC(O)c1ccsc1. The maximum atomic E-state index is 11.7. The average molecular weight is 263 g/mol. The molecule has 1 atom stereocenters. The van der Waals surface area contributed by atoms with Crippen LogP contribution in [0.4, 0.5) is 0 Å². The summed E-state index contributed by atoms with van der Waals surface area (Å²) >= 11 is 1.47. The van der Waals surface area contributed by atoms with Crippen molar-refractivity contribution < 1.29 is 13.5 Å². The minimum Gasteiger partial charge on any atom is -0.387 e. The molecule has 0 aliphatic rings. The first-order chi connectivity index (χ1) is 7.24. The van der Waals surface area contributed by atoms with Crippen molar-refractivity contribution in [3.8, 4) is 0 Å². The minimum absolute atomic E-state index is 0.0103. The summed E-state index contributed by atoms with van der Waals surface area (Å²) < 4.78 is 25.0. The maximum absolute atomic E-state index is 11.7. The van der Waals surface area contributed by atoms with E-state index in [1.54, 1.807) is 32.2 Å². The van der Waals surface area contributed by atoms with Gasteiger partial charge in [-0.25, -0.2) is 13.1 Å². The Balaban J connectivity index is 2.59. The third-order valence-corrected chi connectivity index (χ3v) is 5.06. The van der Waals surface area contributed by atoms with E-state index in [4.69, 9.17) is 0 Å². The Labute approximate surface area is 100 Å². The van der Waals surface area contributed by atoms with Gasteiger partial charge >= 0.3 is 0 Å². The van der Waals surface area contributed by atoms with Gasteiger partial charge in [0.25, 0.3) is 0 Å². The van der Waals surface area contributed by atoms with Crippen LogP contribution in [0.25, 0.3) is 0 Å². The lowest BCUT2D eigenvalue weighted by atomic mass is 10.2. The molecule has 1 rings (SSSR count). The summed E-state index contributed by atoms with van der Waals surface area (Å²) in [5.41, 5.74) is 0.738. The van der Waals surface area contributed by atoms with Crippen molar-refractivity contribution in [2.24, 2.45) is 0 Å². The van der Waals surface area contributed by atoms with Crippen LogP contribution in [0.2, 0.25) is 0 Å². The van der Waals surface area contributed by atoms with Crippen LogP contribution in [0, 0.1) is 0 Å². The molecule has 0 amide bonds. The van der Waals surface area contributed by atoms with E-state index < -0.39 is 20.9 Å². The molecular formula is C10H17NO3S2. The largest absolute Gasteiger partial charge is 0.387 e. The summed E-state index contributed by atoms with van der Waals surface area (Å²) in [6, 6.07) is 1.78. The van der Waals surface area contributed by atoms with E-state index in [0.717, 1.165) is 5.56 Å². The van der Waals surface area contributed by atoms with Crippen LogP contribution in [-0.4, -0.2) is 24.8 Å². The van der Waals surface area contributed by atoms with Gasteiger partial charge in [0.05, 0.1) is 10.9 Å². The zero-order valence-corrected chi connectivity index (χ0v) is 11.2. The fourth-order valence-corrected chi connectivity index (χ4v) is 2.50. The van der Waals surface area contributed by atoms with Gasteiger partial charge in [-0.15, -0.1) is 0 Å². The highest BCUT2D eigenvalue weighted by Gasteiger charge is 2.29. The number of thiophene rings is 1. The van der Waals surface area contributed by atoms with Crippen LogP contribution in [0.3, 0.4) is 0 Å². The molecule has 16 heavy (non-hydrogen) atoms. The molecule has 0 aliphatic heterocycles. The fourth-order valence-electron chi connectivity index (χ4n) is 0.988. The highest BCUT2D eigenvalue weighted by atomic mass is 32.2. The van der Waals surface area contributed by atoms with E-state index >= 15 is 0 Å². The van der Waals surface area contributed by atoms with Crippen LogP contribution < -0.4 is 4.72 Å². The first-order valence-electron chi connectivity index (χ1n) is 4.93. The second-order valence-corrected chi connectivity index (χ2v) is 7.84. The van der Waals surface area contributed by atoms with Crippen molar-refractivity contribution in [3.05, 3.63) is 22.4 Å². The standard InChI is InChI=1S/C10H17NO3S2/c1-10(2,3)16(13,14)11-6-9(12)8-4-5-15-7-8/h4-5,7,9,11-12H,6H2,1-3H3. The van der Waals surface area contributed by atoms with Gasteiger partial charge in [0.2, 0.25) is 10.0 Å². The molecule has 0 aliphatic carbocycles. The third-order valence-electron chi connectivity index (χ3n) is 2.20. The fraction of sp³-hybridized carbons (Fsp3) is 0.600. The molecule has 1 aromatic rings. The number of aliphatic hydroxyl groups excluding tert-OH is 1. The third kappa shape index (κ3) is 3.28. The Hall–Kier alpha value is -0.430. The highest BCUT2D eigenvalue weighted by molar-refractivity contribution is 7.90. The lowest BCUT2D eigenvalue weighted by Gasteiger charge is -2.20. The van der Waals surface area contributed by atoms with Gasteiger partial charge in [0, 0.05) is 6.54 Å². The summed E-state index contributed by atoms with van der Waals surface area (Å²) in [5.74, 6) is 0. The second kappa shape index (κ2) is 4.83. The van der Waals surface area contributed by atoms with Crippen molar-refractivity contribution in [2.75, 3.05) is 6.54 Å². The molecule has 0 radical (unpaired) electrons. The monoisotopic (exact) mass is 263 g/mol. The number of sulfonamides is 1. The molecule has 0 aromatic carbocycles. The van der Waals surface area contributed by atoms with Crippen molar-refractivity contribution >= 4 is 21.4 Å². The predicted octanol–water partition coefficient (Wildman–Crippen LogP) is 1.50. The number of rotatable bonds is 4. The topological polar surface area (TPSA) is 66.4 Å². The molecule has 1 aromatic heterocycles. The summed E-state index contributed by atoms with van der Waals surface area (Å²) in [4.78, 5) is 0. The van der Waals surface area contributed by atoms with Crippen molar-refractivity contribution in [3.63, 3.8) is 0 Å². The molecule has 1 unspecified atom stereocenters. The zero-order chi connectivity index (χ0) is 12.4. The Morgan fingerprint density at radius 1 is 1.50 bits per heavy atom. The molecule has 4 nitrogen and oxygen atoms in total. The summed E-state index contributed by atoms with van der Waals surface area (Å²) in [6.45, 7) is 4.86. The highest BCUT2D eigenvalue weighted by Crippen LogP contribution is 2.17. The van der Waals surface area contributed by atoms with Crippen LogP contribution in [0.5, 0.6) is 0 Å². The van der Waals surface area contributed by atoms with Gasteiger partial charge in [0.1, 0.15) is 0 Å². The zero-order valence-electron chi connectivity index (χ0n) is 9.60. The molecule has 2 N–H and O–H groups in total. The number of nitrogens with one attached hydrogen (secondary N) is 1. The van der Waals surface area contributed by atoms with Crippen molar-refractivity contribution in [1.82, 2.24) is 4.72 Å². The molecule has 0 saturated heterocycles. The van der Waals surface area contributed by atoms with E-state index in [2.05, 4.69) is 4.72 Å². The van der Waals surface area contributed by atoms with Crippen LogP contribution in [0.1, 0.15) is 32.4 Å². The molecule has 92 valence electrons. The molecule has 0 fully saturated rings. The van der Waals surface area contributed by atoms with E-state index in [9.17, 15) is 13.5 Å². The Bertz CT molecular complexity index is 417. The lowest BCUT2D eigenvalue weighted by Crippen LogP contribution is -2.41. The van der Waals surface area contributed by atoms with Crippen LogP contribution in [0.15, 0.2) is 16.8 Å². The summed E-state index contributed by atoms with van der Waals surface area (Å²) in [6.07, 6.45) is -0.789. The van der Waals surface area contributed by atoms with Crippen molar-refractivity contribution in [2.45, 2.75) is 31.6 Å². The first-order valence-corrected chi connectivity index (χ1v) is 7.36. The number of aliphatic hydroxyl groups is 1. The van der Waals surface area contributed by atoms with Gasteiger partial charge in [-0.3, -0.25) is 0 Å². The van der Waals surface area contributed by atoms with E-state index in [1.807, 2.05) is 5.38 Å². The number of hydrogen-bond donors (Lipinski definition) is 2. The van der Waals surface area contributed by atoms with Gasteiger partial charge < -0.3 is 5.11 Å². The summed E-state index contributed by atoms with van der Waals surface area (Å²) in [7, 11) is -3.39. The normalized spacial score (nSPS) is 15.0. The van der Waals surface area contributed by atoms with Crippen molar-refractivity contribution in [1.29, 1.82) is 0 Å². The van der Waals surface area contributed by atoms with E-state index in [-0.39, 0.29) is 6.54 Å². The average Bonchev–Trinajstić information content (AvgIpc) is 2.65. The Morgan fingerprint density at radius 3 is 2.56 bits per heavy atom. The summed E-state index contributed by atoms with van der Waals surface area (Å²) in [5, 5.41) is 13.4. The van der Waals surface area contributed by atoms with Gasteiger partial charge in [-0.2, -0.15) is 11.3 Å². The van der Waals surface area contributed by atoms with E-state index in [1.165, 1.54) is 11.3 Å². The quantitative estimate of drug-likeness (QED) is 0.865. The Kier molecular flexibility index (Phi) is 4.12. The maximum Gasteiger partial charge on any atom is 0.216 e. The smallest absolute Gasteiger partial charge is 0.216 e. The lowest BCUT2D eigenvalue weighted by molar-refractivity contribution is 0.182. The predicted molar refractivity (Wildman–Crippen MR) is 66.0 cm³/mol. The molecule has 6 heteroatoms. The molecule has 0 bridgehead atoms. The van der Waals surface area contributed by atoms with Crippen LogP contribution in [-0.2, 0) is 10.0 Å². The van der Waals surface area contributed by atoms with Gasteiger partial charge in [-0.05, 0) is 43.2 Å². The number of hydrogen-bond acceptors (Lipinski definition) is 4. The molecule has 0 saturated carbocycles. The van der Waals surface area contributed by atoms with Crippen LogP contribution >= 0.6 is 11.3 Å². The first kappa shape index (κ1) is 13.6. The van der Waals surface area contributed by atoms with E-state index in [0.29, 0.717) is 0 Å². The van der Waals surface area contributed by atoms with Gasteiger partial charge in [0.15, 0.2) is 0 Å². The Morgan fingerprint density at radius 2 is 2.12 bits per heavy atom. The second-order valence-electron chi connectivity index (χ2n) is 4.54.